The highest BCUT2D eigenvalue weighted by atomic mass is 32.2. The molecule has 0 unspecified atom stereocenters. The third-order valence-electron chi connectivity index (χ3n) is 6.30. The van der Waals surface area contributed by atoms with Gasteiger partial charge in [-0.15, -0.1) is 11.8 Å². The maximum atomic E-state index is 13.1. The summed E-state index contributed by atoms with van der Waals surface area (Å²) in [6.45, 7) is 17.5. The summed E-state index contributed by atoms with van der Waals surface area (Å²) in [6, 6.07) is 8.99. The number of hydrogen-bond acceptors (Lipinski definition) is 4. The SMILES string of the molecule is CC[C@@H]1S[C@H](c2ccc(C(C)(C)C)cc2)N(CCN2CCN(C(=O)NC(C)C)CC2)C1=O. The standard InChI is InChI=1S/C25H40N4O2S/c1-7-21-22(30)29(23(32-21)19-8-10-20(11-9-19)25(4,5)6)17-14-27-12-15-28(16-13-27)24(31)26-18(2)3/h8-11,18,21,23H,7,12-17H2,1-6H3,(H,26,31)/t21-,23+/m0/s1. The van der Waals surface area contributed by atoms with Crippen molar-refractivity contribution in [1.82, 2.24) is 20.0 Å². The van der Waals surface area contributed by atoms with Gasteiger partial charge in [-0.05, 0) is 36.8 Å². The van der Waals surface area contributed by atoms with Gasteiger partial charge in [-0.25, -0.2) is 4.79 Å². The molecule has 7 heteroatoms. The van der Waals surface area contributed by atoms with Crippen molar-refractivity contribution in [3.63, 3.8) is 0 Å². The fourth-order valence-corrected chi connectivity index (χ4v) is 5.68. The van der Waals surface area contributed by atoms with Gasteiger partial charge in [0.2, 0.25) is 5.91 Å². The van der Waals surface area contributed by atoms with E-state index in [1.807, 2.05) is 18.7 Å². The van der Waals surface area contributed by atoms with Gasteiger partial charge in [0.15, 0.2) is 0 Å². The normalized spacial score (nSPS) is 22.7. The van der Waals surface area contributed by atoms with E-state index < -0.39 is 0 Å². The molecule has 0 aromatic heterocycles. The monoisotopic (exact) mass is 460 g/mol. The van der Waals surface area contributed by atoms with Crippen LogP contribution in [0.1, 0.15) is 64.5 Å². The Morgan fingerprint density at radius 3 is 2.25 bits per heavy atom. The van der Waals surface area contributed by atoms with Crippen molar-refractivity contribution in [1.29, 1.82) is 0 Å². The van der Waals surface area contributed by atoms with E-state index in [0.29, 0.717) is 0 Å². The Balaban J connectivity index is 1.60. The van der Waals surface area contributed by atoms with Gasteiger partial charge in [-0.2, -0.15) is 0 Å². The first-order valence-electron chi connectivity index (χ1n) is 11.9. The minimum absolute atomic E-state index is 0.0235. The highest BCUT2D eigenvalue weighted by Gasteiger charge is 2.40. The molecule has 0 saturated carbocycles. The quantitative estimate of drug-likeness (QED) is 0.695. The Morgan fingerprint density at radius 2 is 1.72 bits per heavy atom. The van der Waals surface area contributed by atoms with Crippen molar-refractivity contribution < 1.29 is 9.59 Å². The van der Waals surface area contributed by atoms with Gasteiger partial charge in [-0.3, -0.25) is 9.69 Å². The molecule has 0 bridgehead atoms. The minimum atomic E-state index is 0.0235. The molecule has 2 saturated heterocycles. The van der Waals surface area contributed by atoms with E-state index in [9.17, 15) is 9.59 Å². The number of nitrogens with one attached hydrogen (secondary N) is 1. The molecule has 2 atom stereocenters. The van der Waals surface area contributed by atoms with Crippen LogP contribution in [0.5, 0.6) is 0 Å². The second-order valence-electron chi connectivity index (χ2n) is 10.2. The molecular weight excluding hydrogens is 420 g/mol. The zero-order chi connectivity index (χ0) is 23.5. The van der Waals surface area contributed by atoms with Gasteiger partial charge in [0.1, 0.15) is 5.37 Å². The van der Waals surface area contributed by atoms with E-state index in [-0.39, 0.29) is 34.0 Å². The largest absolute Gasteiger partial charge is 0.336 e. The van der Waals surface area contributed by atoms with Crippen LogP contribution >= 0.6 is 11.8 Å². The van der Waals surface area contributed by atoms with E-state index in [0.717, 1.165) is 45.7 Å². The van der Waals surface area contributed by atoms with Crippen LogP contribution in [0.4, 0.5) is 4.79 Å². The van der Waals surface area contributed by atoms with Gasteiger partial charge < -0.3 is 15.1 Å². The summed E-state index contributed by atoms with van der Waals surface area (Å²) in [5.74, 6) is 0.261. The Labute approximate surface area is 198 Å². The second kappa shape index (κ2) is 10.5. The summed E-state index contributed by atoms with van der Waals surface area (Å²) >= 11 is 1.79. The molecule has 0 radical (unpaired) electrons. The zero-order valence-corrected chi connectivity index (χ0v) is 21.4. The van der Waals surface area contributed by atoms with Gasteiger partial charge in [-0.1, -0.05) is 52.0 Å². The van der Waals surface area contributed by atoms with Gasteiger partial charge in [0.25, 0.3) is 0 Å². The van der Waals surface area contributed by atoms with Crippen LogP contribution < -0.4 is 5.32 Å². The van der Waals surface area contributed by atoms with Crippen LogP contribution in [-0.4, -0.2) is 77.2 Å². The minimum Gasteiger partial charge on any atom is -0.336 e. The lowest BCUT2D eigenvalue weighted by Gasteiger charge is -2.36. The van der Waals surface area contributed by atoms with Gasteiger partial charge >= 0.3 is 6.03 Å². The molecule has 2 fully saturated rings. The number of carbonyl (C=O) groups is 2. The highest BCUT2D eigenvalue weighted by molar-refractivity contribution is 8.01. The van der Waals surface area contributed by atoms with Crippen molar-refractivity contribution >= 4 is 23.7 Å². The number of carbonyl (C=O) groups excluding carboxylic acids is 2. The number of piperazine rings is 1. The fraction of sp³-hybridized carbons (Fsp3) is 0.680. The number of thioether (sulfide) groups is 1. The van der Waals surface area contributed by atoms with Crippen LogP contribution in [0, 0.1) is 0 Å². The summed E-state index contributed by atoms with van der Waals surface area (Å²) in [5, 5.41) is 3.09. The molecule has 3 rings (SSSR count). The molecule has 2 heterocycles. The Hall–Kier alpha value is -1.73. The molecule has 1 aromatic rings. The topological polar surface area (TPSA) is 55.9 Å². The molecular formula is C25H40N4O2S. The molecule has 2 aliphatic heterocycles. The van der Waals surface area contributed by atoms with Gasteiger partial charge in [0.05, 0.1) is 5.25 Å². The van der Waals surface area contributed by atoms with E-state index >= 15 is 0 Å². The fourth-order valence-electron chi connectivity index (χ4n) is 4.25. The first-order chi connectivity index (χ1) is 15.1. The molecule has 0 aliphatic carbocycles. The molecule has 178 valence electrons. The van der Waals surface area contributed by atoms with E-state index in [2.05, 4.69) is 67.1 Å². The summed E-state index contributed by atoms with van der Waals surface area (Å²) < 4.78 is 0. The third-order valence-corrected chi connectivity index (χ3v) is 7.94. The second-order valence-corrected chi connectivity index (χ2v) is 11.5. The van der Waals surface area contributed by atoms with Crippen molar-refractivity contribution in [2.24, 2.45) is 0 Å². The lowest BCUT2D eigenvalue weighted by molar-refractivity contribution is -0.130. The lowest BCUT2D eigenvalue weighted by atomic mass is 9.86. The van der Waals surface area contributed by atoms with E-state index in [1.165, 1.54) is 11.1 Å². The van der Waals surface area contributed by atoms with Crippen molar-refractivity contribution in [2.75, 3.05) is 39.3 Å². The van der Waals surface area contributed by atoms with Crippen LogP contribution in [0.15, 0.2) is 24.3 Å². The smallest absolute Gasteiger partial charge is 0.317 e. The average Bonchev–Trinajstić information content (AvgIpc) is 3.07. The Kier molecular flexibility index (Phi) is 8.15. The van der Waals surface area contributed by atoms with Crippen LogP contribution in [0.25, 0.3) is 0 Å². The summed E-state index contributed by atoms with van der Waals surface area (Å²) in [6.07, 6.45) is 0.861. The third kappa shape index (κ3) is 5.98. The number of nitrogens with zero attached hydrogens (tertiary/aromatic N) is 3. The molecule has 32 heavy (non-hydrogen) atoms. The summed E-state index contributed by atoms with van der Waals surface area (Å²) in [4.78, 5) is 31.6. The molecule has 6 nitrogen and oxygen atoms in total. The summed E-state index contributed by atoms with van der Waals surface area (Å²) in [5.41, 5.74) is 2.65. The maximum Gasteiger partial charge on any atom is 0.317 e. The Bertz CT molecular complexity index is 782. The van der Waals surface area contributed by atoms with E-state index in [1.54, 1.807) is 11.8 Å². The molecule has 0 spiro atoms. The molecule has 1 aromatic carbocycles. The molecule has 1 N–H and O–H groups in total. The number of hydrogen-bond donors (Lipinski definition) is 1. The van der Waals surface area contributed by atoms with Crippen molar-refractivity contribution in [2.45, 2.75) is 70.0 Å². The molecule has 3 amide bonds. The van der Waals surface area contributed by atoms with E-state index in [4.69, 9.17) is 0 Å². The zero-order valence-electron chi connectivity index (χ0n) is 20.6. The predicted octanol–water partition coefficient (Wildman–Crippen LogP) is 4.07. The first kappa shape index (κ1) is 24.9. The number of rotatable bonds is 6. The lowest BCUT2D eigenvalue weighted by Crippen LogP contribution is -2.53. The average molecular weight is 461 g/mol. The van der Waals surface area contributed by atoms with Crippen LogP contribution in [0.2, 0.25) is 0 Å². The maximum absolute atomic E-state index is 13.1. The number of amides is 3. The summed E-state index contributed by atoms with van der Waals surface area (Å²) in [7, 11) is 0. The number of benzene rings is 1. The first-order valence-corrected chi connectivity index (χ1v) is 12.9. The number of urea groups is 1. The Morgan fingerprint density at radius 1 is 1.09 bits per heavy atom. The van der Waals surface area contributed by atoms with Crippen LogP contribution in [0.3, 0.4) is 0 Å². The van der Waals surface area contributed by atoms with Crippen molar-refractivity contribution in [3.05, 3.63) is 35.4 Å². The molecule has 2 aliphatic rings. The predicted molar refractivity (Wildman–Crippen MR) is 133 cm³/mol. The van der Waals surface area contributed by atoms with Gasteiger partial charge in [0, 0.05) is 45.3 Å². The van der Waals surface area contributed by atoms with Crippen LogP contribution in [-0.2, 0) is 10.2 Å². The van der Waals surface area contributed by atoms with Crippen molar-refractivity contribution in [3.8, 4) is 0 Å². The highest BCUT2D eigenvalue weighted by Crippen LogP contribution is 2.44.